The van der Waals surface area contributed by atoms with Crippen LogP contribution in [0.5, 0.6) is 5.75 Å². The second-order valence-corrected chi connectivity index (χ2v) is 7.79. The number of hydrogen-bond donors (Lipinski definition) is 1. The number of methoxy groups -OCH3 is 1. The number of halogens is 2. The Balaban J connectivity index is 1.65. The van der Waals surface area contributed by atoms with Gasteiger partial charge in [0, 0.05) is 44.7 Å². The number of benzene rings is 2. The van der Waals surface area contributed by atoms with Crippen molar-refractivity contribution in [1.29, 1.82) is 0 Å². The van der Waals surface area contributed by atoms with Crippen LogP contribution in [-0.4, -0.2) is 61.8 Å². The zero-order chi connectivity index (χ0) is 23.4. The van der Waals surface area contributed by atoms with Crippen LogP contribution in [0.2, 0.25) is 0 Å². The van der Waals surface area contributed by atoms with Gasteiger partial charge in [-0.3, -0.25) is 14.4 Å². The molecule has 0 unspecified atom stereocenters. The summed E-state index contributed by atoms with van der Waals surface area (Å²) in [6, 6.07) is 7.64. The predicted octanol–water partition coefficient (Wildman–Crippen LogP) is 3.17. The summed E-state index contributed by atoms with van der Waals surface area (Å²) in [5.41, 5.74) is 0.603. The van der Waals surface area contributed by atoms with Gasteiger partial charge in [0.15, 0.2) is 0 Å². The topological polar surface area (TPSA) is 79.0 Å². The first kappa shape index (κ1) is 23.2. The van der Waals surface area contributed by atoms with Gasteiger partial charge in [0.05, 0.1) is 18.4 Å². The number of nitrogens with one attached hydrogen (secondary N) is 1. The summed E-state index contributed by atoms with van der Waals surface area (Å²) in [5, 5.41) is 2.82. The molecule has 1 aliphatic rings. The van der Waals surface area contributed by atoms with E-state index in [2.05, 4.69) is 5.32 Å². The summed E-state index contributed by atoms with van der Waals surface area (Å²) in [6.07, 6.45) is 0.776. The molecule has 32 heavy (non-hydrogen) atoms. The molecule has 7 nitrogen and oxygen atoms in total. The summed E-state index contributed by atoms with van der Waals surface area (Å²) in [6.45, 7) is 0.536. The summed E-state index contributed by atoms with van der Waals surface area (Å²) in [7, 11) is 4.74. The van der Waals surface area contributed by atoms with E-state index >= 15 is 0 Å². The lowest BCUT2D eigenvalue weighted by Crippen LogP contribution is -2.41. The van der Waals surface area contributed by atoms with Crippen LogP contribution in [-0.2, 0) is 4.79 Å². The minimum atomic E-state index is -0.908. The molecule has 0 aromatic heterocycles. The zero-order valence-corrected chi connectivity index (χ0v) is 18.2. The molecule has 0 aliphatic carbocycles. The number of hydrogen-bond acceptors (Lipinski definition) is 4. The van der Waals surface area contributed by atoms with Crippen molar-refractivity contribution >= 4 is 23.4 Å². The number of likely N-dealkylation sites (tertiary alicyclic amines) is 1. The lowest BCUT2D eigenvalue weighted by Gasteiger charge is -2.31. The van der Waals surface area contributed by atoms with Gasteiger partial charge in [0.1, 0.15) is 17.4 Å². The number of ether oxygens (including phenoxy) is 1. The Morgan fingerprint density at radius 1 is 1.06 bits per heavy atom. The highest BCUT2D eigenvalue weighted by molar-refractivity contribution is 5.99. The van der Waals surface area contributed by atoms with Gasteiger partial charge in [0.2, 0.25) is 5.91 Å². The fraction of sp³-hybridized carbons (Fsp3) is 0.348. The highest BCUT2D eigenvalue weighted by Gasteiger charge is 2.29. The fourth-order valence-electron chi connectivity index (χ4n) is 3.61. The van der Waals surface area contributed by atoms with Crippen LogP contribution >= 0.6 is 0 Å². The Morgan fingerprint density at radius 2 is 1.75 bits per heavy atom. The Kier molecular flexibility index (Phi) is 7.07. The van der Waals surface area contributed by atoms with Crippen LogP contribution in [0, 0.1) is 17.6 Å². The number of carbonyl (C=O) groups excluding carboxylic acids is 3. The molecular weight excluding hydrogens is 420 g/mol. The standard InChI is InChI=1S/C23H25F2N3O4/c1-27(2)22(30)15-4-7-20(32-3)19(12-15)26-21(29)14-8-10-28(11-9-14)23(31)17-6-5-16(24)13-18(17)25/h4-7,12-14H,8-11H2,1-3H3,(H,26,29). The predicted molar refractivity (Wildman–Crippen MR) is 115 cm³/mol. The molecule has 3 amide bonds. The summed E-state index contributed by atoms with van der Waals surface area (Å²) in [5.74, 6) is -2.59. The van der Waals surface area contributed by atoms with Crippen LogP contribution in [0.25, 0.3) is 0 Å². The van der Waals surface area contributed by atoms with E-state index in [9.17, 15) is 23.2 Å². The largest absolute Gasteiger partial charge is 0.495 e. The SMILES string of the molecule is COc1ccc(C(=O)N(C)C)cc1NC(=O)C1CCN(C(=O)c2ccc(F)cc2F)CC1. The Morgan fingerprint density at radius 3 is 2.34 bits per heavy atom. The number of carbonyl (C=O) groups is 3. The van der Waals surface area contributed by atoms with E-state index in [0.29, 0.717) is 35.9 Å². The van der Waals surface area contributed by atoms with Gasteiger partial charge in [-0.25, -0.2) is 8.78 Å². The molecule has 1 heterocycles. The number of anilines is 1. The number of nitrogens with zero attached hydrogens (tertiary/aromatic N) is 2. The van der Waals surface area contributed by atoms with Gasteiger partial charge < -0.3 is 19.9 Å². The Hall–Kier alpha value is -3.49. The second kappa shape index (κ2) is 9.76. The van der Waals surface area contributed by atoms with Gasteiger partial charge >= 0.3 is 0 Å². The first-order valence-electron chi connectivity index (χ1n) is 10.2. The minimum absolute atomic E-state index is 0.193. The highest BCUT2D eigenvalue weighted by Crippen LogP contribution is 2.28. The first-order valence-corrected chi connectivity index (χ1v) is 10.2. The molecule has 2 aromatic rings. The molecule has 170 valence electrons. The van der Waals surface area contributed by atoms with E-state index < -0.39 is 17.5 Å². The van der Waals surface area contributed by atoms with Crippen LogP contribution in [0.1, 0.15) is 33.6 Å². The third-order valence-electron chi connectivity index (χ3n) is 5.42. The van der Waals surface area contributed by atoms with Gasteiger partial charge in [-0.1, -0.05) is 0 Å². The van der Waals surface area contributed by atoms with E-state index in [1.807, 2.05) is 0 Å². The van der Waals surface area contributed by atoms with E-state index in [1.165, 1.54) is 16.9 Å². The molecule has 2 aromatic carbocycles. The Labute approximate surface area is 184 Å². The molecular formula is C23H25F2N3O4. The average molecular weight is 445 g/mol. The zero-order valence-electron chi connectivity index (χ0n) is 18.2. The smallest absolute Gasteiger partial charge is 0.256 e. The van der Waals surface area contributed by atoms with Crippen molar-refractivity contribution in [1.82, 2.24) is 9.80 Å². The van der Waals surface area contributed by atoms with Crippen LogP contribution < -0.4 is 10.1 Å². The minimum Gasteiger partial charge on any atom is -0.495 e. The fourth-order valence-corrected chi connectivity index (χ4v) is 3.61. The quantitative estimate of drug-likeness (QED) is 0.767. The lowest BCUT2D eigenvalue weighted by atomic mass is 9.95. The maximum absolute atomic E-state index is 13.9. The maximum Gasteiger partial charge on any atom is 0.256 e. The van der Waals surface area contributed by atoms with Crippen LogP contribution in [0.15, 0.2) is 36.4 Å². The van der Waals surface area contributed by atoms with E-state index in [4.69, 9.17) is 4.74 Å². The third kappa shape index (κ3) is 5.04. The van der Waals surface area contributed by atoms with Gasteiger partial charge in [0.25, 0.3) is 11.8 Å². The van der Waals surface area contributed by atoms with Crippen LogP contribution in [0.4, 0.5) is 14.5 Å². The second-order valence-electron chi connectivity index (χ2n) is 7.79. The summed E-state index contributed by atoms with van der Waals surface area (Å²) in [4.78, 5) is 40.5. The number of piperidine rings is 1. The van der Waals surface area contributed by atoms with Crippen molar-refractivity contribution in [2.45, 2.75) is 12.8 Å². The molecule has 9 heteroatoms. The molecule has 0 bridgehead atoms. The highest BCUT2D eigenvalue weighted by atomic mass is 19.1. The lowest BCUT2D eigenvalue weighted by molar-refractivity contribution is -0.121. The molecule has 1 aliphatic heterocycles. The van der Waals surface area contributed by atoms with E-state index in [-0.39, 0.29) is 36.4 Å². The monoisotopic (exact) mass is 445 g/mol. The molecule has 1 fully saturated rings. The van der Waals surface area contributed by atoms with Crippen LogP contribution in [0.3, 0.4) is 0 Å². The van der Waals surface area contributed by atoms with Gasteiger partial charge in [-0.2, -0.15) is 0 Å². The third-order valence-corrected chi connectivity index (χ3v) is 5.42. The van der Waals surface area contributed by atoms with Crippen molar-refractivity contribution in [2.24, 2.45) is 5.92 Å². The Bertz CT molecular complexity index is 1030. The summed E-state index contributed by atoms with van der Waals surface area (Å²) >= 11 is 0. The van der Waals surface area contributed by atoms with Crippen molar-refractivity contribution < 1.29 is 27.9 Å². The van der Waals surface area contributed by atoms with Crippen molar-refractivity contribution in [3.05, 3.63) is 59.2 Å². The van der Waals surface area contributed by atoms with Crippen molar-refractivity contribution in [3.8, 4) is 5.75 Å². The van der Waals surface area contributed by atoms with Crippen molar-refractivity contribution in [2.75, 3.05) is 39.6 Å². The van der Waals surface area contributed by atoms with Gasteiger partial charge in [-0.05, 0) is 43.2 Å². The van der Waals surface area contributed by atoms with E-state index in [1.54, 1.807) is 32.3 Å². The van der Waals surface area contributed by atoms with Crippen molar-refractivity contribution in [3.63, 3.8) is 0 Å². The molecule has 0 radical (unpaired) electrons. The molecule has 1 N–H and O–H groups in total. The summed E-state index contributed by atoms with van der Waals surface area (Å²) < 4.78 is 32.3. The maximum atomic E-state index is 13.9. The van der Waals surface area contributed by atoms with Gasteiger partial charge in [-0.15, -0.1) is 0 Å². The first-order chi connectivity index (χ1) is 15.2. The molecule has 0 atom stereocenters. The average Bonchev–Trinajstić information content (AvgIpc) is 2.78. The number of amides is 3. The number of rotatable bonds is 5. The normalized spacial score (nSPS) is 14.1. The molecule has 1 saturated heterocycles. The molecule has 3 rings (SSSR count). The molecule has 0 saturated carbocycles. The molecule has 0 spiro atoms. The van der Waals surface area contributed by atoms with E-state index in [0.717, 1.165) is 12.1 Å².